The molecule has 19 heavy (non-hydrogen) atoms. The van der Waals surface area contributed by atoms with Crippen molar-refractivity contribution in [3.05, 3.63) is 0 Å². The fourth-order valence-corrected chi connectivity index (χ4v) is 2.38. The van der Waals surface area contributed by atoms with Gasteiger partial charge in [-0.15, -0.1) is 0 Å². The number of likely N-dealkylation sites (tertiary alicyclic amines) is 1. The molecule has 0 aromatic heterocycles. The van der Waals surface area contributed by atoms with E-state index < -0.39 is 12.0 Å². The van der Waals surface area contributed by atoms with Crippen LogP contribution in [-0.4, -0.2) is 41.1 Å². The Morgan fingerprint density at radius 3 is 2.11 bits per heavy atom. The molecule has 1 heterocycles. The molecule has 2 N–H and O–H groups in total. The van der Waals surface area contributed by atoms with Crippen LogP contribution in [0.3, 0.4) is 0 Å². The first-order valence-corrected chi connectivity index (χ1v) is 7.29. The molecule has 0 spiro atoms. The molecule has 2 amide bonds. The zero-order chi connectivity index (χ0) is 14.3. The lowest BCUT2D eigenvalue weighted by molar-refractivity contribution is -0.139. The summed E-state index contributed by atoms with van der Waals surface area (Å²) in [6, 6.07) is -1.01. The number of nitrogens with zero attached hydrogens (tertiary/aromatic N) is 1. The highest BCUT2D eigenvalue weighted by Crippen LogP contribution is 2.11. The lowest BCUT2D eigenvalue weighted by Gasteiger charge is -2.27. The Bertz CT molecular complexity index is 297. The number of carbonyl (C=O) groups excluding carboxylic acids is 1. The number of carboxylic acid groups (broad SMARTS) is 1. The summed E-state index contributed by atoms with van der Waals surface area (Å²) in [7, 11) is 0. The van der Waals surface area contributed by atoms with E-state index in [9.17, 15) is 9.59 Å². The standard InChI is InChI=1S/C14H26N2O3/c1-11(2)10-12(13(17)18)15-14(19)16-8-6-4-3-5-7-9-16/h11-12H,3-10H2,1-2H3,(H,15,19)(H,17,18). The fraction of sp³-hybridized carbons (Fsp3) is 0.857. The third-order valence-corrected chi connectivity index (χ3v) is 3.45. The molecule has 1 atom stereocenters. The summed E-state index contributed by atoms with van der Waals surface area (Å²) in [5, 5.41) is 11.8. The topological polar surface area (TPSA) is 69.6 Å². The van der Waals surface area contributed by atoms with E-state index in [0.717, 1.165) is 38.8 Å². The van der Waals surface area contributed by atoms with Gasteiger partial charge in [-0.2, -0.15) is 0 Å². The summed E-state index contributed by atoms with van der Waals surface area (Å²) >= 11 is 0. The number of amides is 2. The smallest absolute Gasteiger partial charge is 0.326 e. The van der Waals surface area contributed by atoms with Gasteiger partial charge in [-0.3, -0.25) is 0 Å². The number of rotatable bonds is 4. The Kier molecular flexibility index (Phi) is 6.67. The Balaban J connectivity index is 2.51. The van der Waals surface area contributed by atoms with Crippen molar-refractivity contribution in [1.29, 1.82) is 0 Å². The van der Waals surface area contributed by atoms with Gasteiger partial charge in [-0.05, 0) is 25.2 Å². The molecule has 1 unspecified atom stereocenters. The average molecular weight is 270 g/mol. The van der Waals surface area contributed by atoms with Crippen LogP contribution >= 0.6 is 0 Å². The van der Waals surface area contributed by atoms with Gasteiger partial charge in [-0.25, -0.2) is 9.59 Å². The molecule has 0 aromatic carbocycles. The van der Waals surface area contributed by atoms with Crippen LogP contribution in [0.15, 0.2) is 0 Å². The quantitative estimate of drug-likeness (QED) is 0.824. The Morgan fingerprint density at radius 1 is 1.11 bits per heavy atom. The minimum Gasteiger partial charge on any atom is -0.480 e. The number of aliphatic carboxylic acids is 1. The van der Waals surface area contributed by atoms with Crippen LogP contribution < -0.4 is 5.32 Å². The van der Waals surface area contributed by atoms with Crippen molar-refractivity contribution in [3.8, 4) is 0 Å². The second kappa shape index (κ2) is 8.02. The predicted octanol–water partition coefficient (Wildman–Crippen LogP) is 2.46. The maximum absolute atomic E-state index is 12.1. The van der Waals surface area contributed by atoms with Crippen molar-refractivity contribution < 1.29 is 14.7 Å². The molecule has 110 valence electrons. The number of hydrogen-bond acceptors (Lipinski definition) is 2. The number of urea groups is 1. The molecule has 1 rings (SSSR count). The molecule has 0 bridgehead atoms. The van der Waals surface area contributed by atoms with Crippen molar-refractivity contribution in [2.45, 2.75) is 58.4 Å². The van der Waals surface area contributed by atoms with E-state index in [2.05, 4.69) is 5.32 Å². The number of carbonyl (C=O) groups is 2. The van der Waals surface area contributed by atoms with Gasteiger partial charge < -0.3 is 15.3 Å². The van der Waals surface area contributed by atoms with Crippen LogP contribution in [-0.2, 0) is 4.79 Å². The first-order valence-electron chi connectivity index (χ1n) is 7.29. The normalized spacial score (nSPS) is 18.6. The molecule has 1 saturated heterocycles. The molecule has 0 aliphatic carbocycles. The van der Waals surface area contributed by atoms with Crippen LogP contribution in [0.2, 0.25) is 0 Å². The molecule has 5 nitrogen and oxygen atoms in total. The van der Waals surface area contributed by atoms with Crippen LogP contribution in [0.1, 0.15) is 52.4 Å². The van der Waals surface area contributed by atoms with E-state index >= 15 is 0 Å². The molecule has 1 aliphatic heterocycles. The predicted molar refractivity (Wildman–Crippen MR) is 74.1 cm³/mol. The van der Waals surface area contributed by atoms with Crippen molar-refractivity contribution in [2.24, 2.45) is 5.92 Å². The minimum absolute atomic E-state index is 0.227. The van der Waals surface area contributed by atoms with Crippen molar-refractivity contribution in [1.82, 2.24) is 10.2 Å². The molecule has 0 radical (unpaired) electrons. The number of nitrogens with one attached hydrogen (secondary N) is 1. The third-order valence-electron chi connectivity index (χ3n) is 3.45. The first kappa shape index (κ1) is 15.8. The summed E-state index contributed by atoms with van der Waals surface area (Å²) in [5.74, 6) is -0.706. The largest absolute Gasteiger partial charge is 0.480 e. The maximum atomic E-state index is 12.1. The molecule has 5 heteroatoms. The van der Waals surface area contributed by atoms with E-state index in [0.29, 0.717) is 6.42 Å². The number of carboxylic acids is 1. The van der Waals surface area contributed by atoms with Crippen LogP contribution in [0.4, 0.5) is 4.79 Å². The number of hydrogen-bond donors (Lipinski definition) is 2. The van der Waals surface area contributed by atoms with Gasteiger partial charge in [-0.1, -0.05) is 33.1 Å². The lowest BCUT2D eigenvalue weighted by atomic mass is 10.0. The van der Waals surface area contributed by atoms with Gasteiger partial charge in [0.1, 0.15) is 6.04 Å². The molecule has 0 saturated carbocycles. The van der Waals surface area contributed by atoms with E-state index in [-0.39, 0.29) is 11.9 Å². The van der Waals surface area contributed by atoms with Crippen LogP contribution in [0, 0.1) is 5.92 Å². The van der Waals surface area contributed by atoms with Crippen molar-refractivity contribution >= 4 is 12.0 Å². The highest BCUT2D eigenvalue weighted by atomic mass is 16.4. The summed E-state index contributed by atoms with van der Waals surface area (Å²) in [5.41, 5.74) is 0. The summed E-state index contributed by atoms with van der Waals surface area (Å²) < 4.78 is 0. The monoisotopic (exact) mass is 270 g/mol. The SMILES string of the molecule is CC(C)CC(NC(=O)N1CCCCCCC1)C(=O)O. The zero-order valence-corrected chi connectivity index (χ0v) is 12.0. The van der Waals surface area contributed by atoms with Crippen molar-refractivity contribution in [2.75, 3.05) is 13.1 Å². The van der Waals surface area contributed by atoms with Gasteiger partial charge >= 0.3 is 12.0 Å². The van der Waals surface area contributed by atoms with Gasteiger partial charge in [0, 0.05) is 13.1 Å². The Hall–Kier alpha value is -1.26. The van der Waals surface area contributed by atoms with Gasteiger partial charge in [0.05, 0.1) is 0 Å². The highest BCUT2D eigenvalue weighted by molar-refractivity contribution is 5.82. The lowest BCUT2D eigenvalue weighted by Crippen LogP contribution is -2.49. The molecule has 1 fully saturated rings. The molecular formula is C14H26N2O3. The third kappa shape index (κ3) is 5.94. The van der Waals surface area contributed by atoms with E-state index in [1.54, 1.807) is 4.90 Å². The average Bonchev–Trinajstić information content (AvgIpc) is 2.26. The van der Waals surface area contributed by atoms with Crippen LogP contribution in [0.25, 0.3) is 0 Å². The van der Waals surface area contributed by atoms with Gasteiger partial charge in [0.2, 0.25) is 0 Å². The Morgan fingerprint density at radius 2 is 1.63 bits per heavy atom. The van der Waals surface area contributed by atoms with E-state index in [4.69, 9.17) is 5.11 Å². The summed E-state index contributed by atoms with van der Waals surface area (Å²) in [4.78, 5) is 25.0. The van der Waals surface area contributed by atoms with Crippen molar-refractivity contribution in [3.63, 3.8) is 0 Å². The second-order valence-electron chi connectivity index (χ2n) is 5.72. The van der Waals surface area contributed by atoms with E-state index in [1.165, 1.54) is 6.42 Å². The zero-order valence-electron chi connectivity index (χ0n) is 12.0. The van der Waals surface area contributed by atoms with E-state index in [1.807, 2.05) is 13.8 Å². The fourth-order valence-electron chi connectivity index (χ4n) is 2.38. The summed E-state index contributed by atoms with van der Waals surface area (Å²) in [6.45, 7) is 5.39. The molecule has 0 aromatic rings. The first-order chi connectivity index (χ1) is 9.00. The minimum atomic E-state index is -0.950. The Labute approximate surface area is 115 Å². The maximum Gasteiger partial charge on any atom is 0.326 e. The molecule has 1 aliphatic rings. The van der Waals surface area contributed by atoms with Crippen LogP contribution in [0.5, 0.6) is 0 Å². The van der Waals surface area contributed by atoms with Gasteiger partial charge in [0.15, 0.2) is 0 Å². The molecular weight excluding hydrogens is 244 g/mol. The summed E-state index contributed by atoms with van der Waals surface area (Å²) in [6.07, 6.45) is 6.02. The van der Waals surface area contributed by atoms with Gasteiger partial charge in [0.25, 0.3) is 0 Å². The highest BCUT2D eigenvalue weighted by Gasteiger charge is 2.24. The second-order valence-corrected chi connectivity index (χ2v) is 5.72.